The summed E-state index contributed by atoms with van der Waals surface area (Å²) in [6, 6.07) is 21.7. The number of esters is 8. The third-order valence-corrected chi connectivity index (χ3v) is 9.96. The largest absolute Gasteiger partial charge is 0.463 e. The van der Waals surface area contributed by atoms with Crippen LogP contribution in [0, 0.1) is 0 Å². The molecule has 3 aromatic rings. The topological polar surface area (TPSA) is 229 Å². The molecule has 3 aromatic carbocycles. The fourth-order valence-corrected chi connectivity index (χ4v) is 7.64. The number of benzene rings is 3. The van der Waals surface area contributed by atoms with Gasteiger partial charge in [0, 0.05) is 55.4 Å². The van der Waals surface area contributed by atoms with Crippen LogP contribution in [-0.4, -0.2) is 110 Å². The molecule has 10 unspecified atom stereocenters. The van der Waals surface area contributed by atoms with Crippen molar-refractivity contribution in [2.75, 3.05) is 13.2 Å². The average molecular weight is 891 g/mol. The van der Waals surface area contributed by atoms with Gasteiger partial charge in [0.15, 0.2) is 36.6 Å². The summed E-state index contributed by atoms with van der Waals surface area (Å²) in [6.07, 6.45) is -12.3. The van der Waals surface area contributed by atoms with Crippen molar-refractivity contribution in [3.05, 3.63) is 83.9 Å². The summed E-state index contributed by atoms with van der Waals surface area (Å²) < 4.78 is 56.8. The van der Waals surface area contributed by atoms with Crippen LogP contribution < -0.4 is 0 Å². The molecule has 0 aliphatic carbocycles. The minimum absolute atomic E-state index is 0.371. The highest BCUT2D eigenvalue weighted by Crippen LogP contribution is 2.41. The van der Waals surface area contributed by atoms with E-state index in [1.807, 2.05) is 36.4 Å². The van der Waals surface area contributed by atoms with E-state index in [0.717, 1.165) is 38.8 Å². The lowest BCUT2D eigenvalue weighted by molar-refractivity contribution is -0.254. The van der Waals surface area contributed by atoms with Crippen LogP contribution in [0.2, 0.25) is 0 Å². The zero-order chi connectivity index (χ0) is 46.8. The molecular formula is C46H50O18. The number of carbonyl (C=O) groups excluding carboxylic acids is 8. The second-order valence-corrected chi connectivity index (χ2v) is 15.1. The number of carbonyl (C=O) groups is 8. The Bertz CT molecular complexity index is 2060. The summed E-state index contributed by atoms with van der Waals surface area (Å²) >= 11 is 0. The summed E-state index contributed by atoms with van der Waals surface area (Å²) in [7, 11) is 0. The summed E-state index contributed by atoms with van der Waals surface area (Å²) in [5.41, 5.74) is 3.93. The first kappa shape index (κ1) is 48.4. The van der Waals surface area contributed by atoms with Crippen LogP contribution in [-0.2, 0) is 85.7 Å². The van der Waals surface area contributed by atoms with Crippen molar-refractivity contribution in [2.24, 2.45) is 0 Å². The molecule has 10 atom stereocenters. The molecule has 2 heterocycles. The Morgan fingerprint density at radius 2 is 0.672 bits per heavy atom. The number of hydrogen-bond acceptors (Lipinski definition) is 18. The molecule has 342 valence electrons. The Hall–Kier alpha value is -6.66. The highest BCUT2D eigenvalue weighted by Gasteiger charge is 2.54. The van der Waals surface area contributed by atoms with Crippen molar-refractivity contribution < 1.29 is 85.7 Å². The van der Waals surface area contributed by atoms with Gasteiger partial charge in [-0.25, -0.2) is 0 Å². The monoisotopic (exact) mass is 890 g/mol. The minimum Gasteiger partial charge on any atom is -0.463 e. The lowest BCUT2D eigenvalue weighted by atomic mass is 9.88. The number of ether oxygens (including phenoxy) is 10. The van der Waals surface area contributed by atoms with Crippen LogP contribution in [0.4, 0.5) is 0 Å². The fraction of sp³-hybridized carbons (Fsp3) is 0.435. The van der Waals surface area contributed by atoms with Gasteiger partial charge in [0.25, 0.3) is 0 Å². The van der Waals surface area contributed by atoms with Crippen molar-refractivity contribution in [3.63, 3.8) is 0 Å². The van der Waals surface area contributed by atoms with Gasteiger partial charge in [-0.3, -0.25) is 38.4 Å². The smallest absolute Gasteiger partial charge is 0.303 e. The number of rotatable bonds is 14. The van der Waals surface area contributed by atoms with Crippen LogP contribution in [0.5, 0.6) is 0 Å². The maximum atomic E-state index is 12.4. The van der Waals surface area contributed by atoms with Crippen LogP contribution in [0.25, 0.3) is 22.3 Å². The molecule has 64 heavy (non-hydrogen) atoms. The van der Waals surface area contributed by atoms with E-state index in [9.17, 15) is 38.4 Å². The molecule has 0 spiro atoms. The second kappa shape index (κ2) is 21.6. The predicted octanol–water partition coefficient (Wildman–Crippen LogP) is 4.62. The zero-order valence-corrected chi connectivity index (χ0v) is 36.5. The molecule has 2 fully saturated rings. The molecule has 0 aromatic heterocycles. The molecule has 0 N–H and O–H groups in total. The number of hydrogen-bond donors (Lipinski definition) is 0. The Kier molecular flexibility index (Phi) is 16.3. The van der Waals surface area contributed by atoms with Crippen LogP contribution >= 0.6 is 0 Å². The Labute approximate surface area is 368 Å². The van der Waals surface area contributed by atoms with Crippen LogP contribution in [0.1, 0.15) is 78.7 Å². The molecular weight excluding hydrogens is 840 g/mol. The molecule has 5 rings (SSSR count). The van der Waals surface area contributed by atoms with Gasteiger partial charge in [0.05, 0.1) is 0 Å². The Morgan fingerprint density at radius 3 is 0.969 bits per heavy atom. The van der Waals surface area contributed by atoms with E-state index in [0.29, 0.717) is 22.3 Å². The molecule has 2 aliphatic rings. The normalized spacial score (nSPS) is 25.1. The van der Waals surface area contributed by atoms with E-state index < -0.39 is 109 Å². The maximum Gasteiger partial charge on any atom is 0.303 e. The van der Waals surface area contributed by atoms with Crippen molar-refractivity contribution in [2.45, 2.75) is 116 Å². The Balaban J connectivity index is 1.49. The Morgan fingerprint density at radius 1 is 0.375 bits per heavy atom. The molecule has 0 amide bonds. The fourth-order valence-electron chi connectivity index (χ4n) is 7.64. The van der Waals surface area contributed by atoms with Gasteiger partial charge in [-0.05, 0) is 45.5 Å². The summed E-state index contributed by atoms with van der Waals surface area (Å²) in [6.45, 7) is 8.59. The van der Waals surface area contributed by atoms with E-state index in [1.165, 1.54) is 27.7 Å². The first-order chi connectivity index (χ1) is 30.3. The SMILES string of the molecule is CC(=O)OCC1OC(c2cccc(-c3ccc(-c4cccc(C5OC(COC(C)=O)C(OC(C)=O)C(OC(C)=O)C5OC(C)=O)c4)cc3)c2)C(OC(C)=O)C(OC(C)=O)C1OC(C)=O. The summed E-state index contributed by atoms with van der Waals surface area (Å²) in [5.74, 6) is -5.68. The minimum atomic E-state index is -1.34. The van der Waals surface area contributed by atoms with Gasteiger partial charge >= 0.3 is 47.8 Å². The summed E-state index contributed by atoms with van der Waals surface area (Å²) in [5, 5.41) is 0. The van der Waals surface area contributed by atoms with Gasteiger partial charge < -0.3 is 47.4 Å². The third-order valence-electron chi connectivity index (χ3n) is 9.96. The van der Waals surface area contributed by atoms with Gasteiger partial charge in [-0.2, -0.15) is 0 Å². The lowest BCUT2D eigenvalue weighted by Crippen LogP contribution is -2.59. The highest BCUT2D eigenvalue weighted by atomic mass is 16.7. The zero-order valence-electron chi connectivity index (χ0n) is 36.5. The van der Waals surface area contributed by atoms with Crippen molar-refractivity contribution in [3.8, 4) is 22.3 Å². The van der Waals surface area contributed by atoms with E-state index >= 15 is 0 Å². The second-order valence-electron chi connectivity index (χ2n) is 15.1. The van der Waals surface area contributed by atoms with E-state index in [4.69, 9.17) is 47.4 Å². The molecule has 0 bridgehead atoms. The lowest BCUT2D eigenvalue weighted by Gasteiger charge is -2.44. The van der Waals surface area contributed by atoms with Crippen molar-refractivity contribution in [1.29, 1.82) is 0 Å². The molecule has 0 saturated carbocycles. The molecule has 18 heteroatoms. The van der Waals surface area contributed by atoms with Gasteiger partial charge in [0.1, 0.15) is 37.6 Å². The third kappa shape index (κ3) is 12.7. The molecule has 18 nitrogen and oxygen atoms in total. The molecule has 2 aliphatic heterocycles. The van der Waals surface area contributed by atoms with Crippen molar-refractivity contribution >= 4 is 47.8 Å². The average Bonchev–Trinajstić information content (AvgIpc) is 3.21. The first-order valence-corrected chi connectivity index (χ1v) is 20.2. The van der Waals surface area contributed by atoms with Gasteiger partial charge in [-0.15, -0.1) is 0 Å². The van der Waals surface area contributed by atoms with Gasteiger partial charge in [-0.1, -0.05) is 60.7 Å². The maximum absolute atomic E-state index is 12.4. The predicted molar refractivity (Wildman–Crippen MR) is 219 cm³/mol. The molecule has 2 saturated heterocycles. The quantitative estimate of drug-likeness (QED) is 0.159. The highest BCUT2D eigenvalue weighted by molar-refractivity contribution is 5.73. The summed E-state index contributed by atoms with van der Waals surface area (Å²) in [4.78, 5) is 97.6. The van der Waals surface area contributed by atoms with E-state index in [1.54, 1.807) is 36.4 Å². The van der Waals surface area contributed by atoms with Crippen LogP contribution in [0.15, 0.2) is 72.8 Å². The van der Waals surface area contributed by atoms with Crippen LogP contribution in [0.3, 0.4) is 0 Å². The van der Waals surface area contributed by atoms with Gasteiger partial charge in [0.2, 0.25) is 0 Å². The van der Waals surface area contributed by atoms with Crippen molar-refractivity contribution in [1.82, 2.24) is 0 Å². The van der Waals surface area contributed by atoms with E-state index in [-0.39, 0.29) is 13.2 Å². The standard InChI is InChI=1S/C46H50O18/c1-23(47)55-21-37-41(57-25(3)49)45(61-29(7)53)43(59-27(5)51)39(63-37)35-13-9-11-33(19-35)31-15-17-32(18-16-31)34-12-10-14-36(20-34)40-44(60-28(6)52)46(62-30(8)54)42(58-26(4)50)38(64-40)22-56-24(2)48/h9-20,37-46H,21-22H2,1-8H3. The van der Waals surface area contributed by atoms with E-state index in [2.05, 4.69) is 0 Å². The molecule has 0 radical (unpaired) electrons. The first-order valence-electron chi connectivity index (χ1n) is 20.2.